The van der Waals surface area contributed by atoms with Gasteiger partial charge in [-0.15, -0.1) is 10.2 Å². The fourth-order valence-corrected chi connectivity index (χ4v) is 3.36. The summed E-state index contributed by atoms with van der Waals surface area (Å²) < 4.78 is 11.3. The van der Waals surface area contributed by atoms with Gasteiger partial charge in [0.2, 0.25) is 11.8 Å². The first-order valence-electron chi connectivity index (χ1n) is 9.22. The summed E-state index contributed by atoms with van der Waals surface area (Å²) in [4.78, 5) is 4.71. The summed E-state index contributed by atoms with van der Waals surface area (Å²) in [5, 5.41) is 8.42. The first-order valence-corrected chi connectivity index (χ1v) is 9.22. The molecule has 0 amide bonds. The third kappa shape index (κ3) is 3.95. The minimum Gasteiger partial charge on any atom is -0.495 e. The molecule has 0 radical (unpaired) electrons. The van der Waals surface area contributed by atoms with E-state index in [9.17, 15) is 0 Å². The topological polar surface area (TPSA) is 54.6 Å². The monoisotopic (exact) mass is 364 g/mol. The van der Waals surface area contributed by atoms with E-state index in [1.54, 1.807) is 7.11 Å². The average molecular weight is 364 g/mol. The number of hydrogen-bond acceptors (Lipinski definition) is 6. The molecule has 1 saturated heterocycles. The maximum atomic E-state index is 5.86. The molecule has 0 atom stereocenters. The maximum Gasteiger partial charge on any atom is 0.247 e. The van der Waals surface area contributed by atoms with Gasteiger partial charge in [-0.3, -0.25) is 4.90 Å². The van der Waals surface area contributed by atoms with Crippen LogP contribution in [0.5, 0.6) is 5.75 Å². The highest BCUT2D eigenvalue weighted by Gasteiger charge is 2.21. The summed E-state index contributed by atoms with van der Waals surface area (Å²) >= 11 is 0. The zero-order valence-corrected chi connectivity index (χ0v) is 15.8. The Morgan fingerprint density at radius 1 is 0.963 bits per heavy atom. The van der Waals surface area contributed by atoms with Gasteiger partial charge in [-0.25, -0.2) is 0 Å². The smallest absolute Gasteiger partial charge is 0.247 e. The molecular formula is C21H24N4O2. The molecule has 0 saturated carbocycles. The first kappa shape index (κ1) is 17.5. The van der Waals surface area contributed by atoms with E-state index >= 15 is 0 Å². The van der Waals surface area contributed by atoms with Gasteiger partial charge in [-0.2, -0.15) is 0 Å². The van der Waals surface area contributed by atoms with Crippen LogP contribution in [0.25, 0.3) is 11.5 Å². The SMILES string of the molecule is COc1ccccc1N1CCN(Cc2nnc(-c3ccc(C)cc3)o2)CC1. The van der Waals surface area contributed by atoms with Crippen molar-refractivity contribution >= 4 is 5.69 Å². The number of aryl methyl sites for hydroxylation is 1. The van der Waals surface area contributed by atoms with E-state index in [1.165, 1.54) is 5.56 Å². The third-order valence-corrected chi connectivity index (χ3v) is 4.92. The molecule has 2 aromatic carbocycles. The van der Waals surface area contributed by atoms with Gasteiger partial charge >= 0.3 is 0 Å². The summed E-state index contributed by atoms with van der Waals surface area (Å²) in [5.41, 5.74) is 3.32. The highest BCUT2D eigenvalue weighted by atomic mass is 16.5. The van der Waals surface area contributed by atoms with Crippen LogP contribution in [-0.2, 0) is 6.54 Å². The van der Waals surface area contributed by atoms with E-state index in [1.807, 2.05) is 24.3 Å². The Bertz CT molecular complexity index is 883. The molecule has 0 spiro atoms. The molecule has 0 unspecified atom stereocenters. The Kier molecular flexibility index (Phi) is 5.07. The van der Waals surface area contributed by atoms with Crippen molar-refractivity contribution in [2.75, 3.05) is 38.2 Å². The lowest BCUT2D eigenvalue weighted by Gasteiger charge is -2.35. The zero-order valence-electron chi connectivity index (χ0n) is 15.8. The van der Waals surface area contributed by atoms with Crippen LogP contribution >= 0.6 is 0 Å². The predicted molar refractivity (Wildman–Crippen MR) is 105 cm³/mol. The number of benzene rings is 2. The van der Waals surface area contributed by atoms with Crippen molar-refractivity contribution in [2.45, 2.75) is 13.5 Å². The molecule has 6 nitrogen and oxygen atoms in total. The van der Waals surface area contributed by atoms with Gasteiger partial charge in [0.1, 0.15) is 5.75 Å². The molecule has 1 aliphatic heterocycles. The van der Waals surface area contributed by atoms with Crippen LogP contribution in [0.1, 0.15) is 11.5 Å². The summed E-state index contributed by atoms with van der Waals surface area (Å²) in [6.07, 6.45) is 0. The Labute approximate surface area is 159 Å². The van der Waals surface area contributed by atoms with Crippen molar-refractivity contribution in [3.63, 3.8) is 0 Å². The summed E-state index contributed by atoms with van der Waals surface area (Å²) in [6.45, 7) is 6.52. The lowest BCUT2D eigenvalue weighted by Crippen LogP contribution is -2.46. The molecular weight excluding hydrogens is 340 g/mol. The maximum absolute atomic E-state index is 5.86. The van der Waals surface area contributed by atoms with E-state index in [0.717, 1.165) is 43.2 Å². The highest BCUT2D eigenvalue weighted by Crippen LogP contribution is 2.28. The number of nitrogens with zero attached hydrogens (tertiary/aromatic N) is 4. The van der Waals surface area contributed by atoms with Crippen molar-refractivity contribution in [3.8, 4) is 17.2 Å². The predicted octanol–water partition coefficient (Wildman–Crippen LogP) is 3.38. The van der Waals surface area contributed by atoms with Crippen LogP contribution in [-0.4, -0.2) is 48.4 Å². The summed E-state index contributed by atoms with van der Waals surface area (Å²) in [7, 11) is 1.72. The second kappa shape index (κ2) is 7.80. The molecule has 4 rings (SSSR count). The van der Waals surface area contributed by atoms with Gasteiger partial charge in [-0.05, 0) is 31.2 Å². The van der Waals surface area contributed by atoms with Crippen molar-refractivity contribution in [2.24, 2.45) is 0 Å². The molecule has 27 heavy (non-hydrogen) atoms. The number of hydrogen-bond donors (Lipinski definition) is 0. The minimum atomic E-state index is 0.581. The lowest BCUT2D eigenvalue weighted by molar-refractivity contribution is 0.226. The van der Waals surface area contributed by atoms with Crippen molar-refractivity contribution < 1.29 is 9.15 Å². The molecule has 0 aliphatic carbocycles. The molecule has 1 aromatic heterocycles. The van der Waals surface area contributed by atoms with Gasteiger partial charge in [0.15, 0.2) is 0 Å². The number of ether oxygens (including phenoxy) is 1. The molecule has 140 valence electrons. The number of piperazine rings is 1. The van der Waals surface area contributed by atoms with E-state index in [-0.39, 0.29) is 0 Å². The number of aromatic nitrogens is 2. The van der Waals surface area contributed by atoms with Gasteiger partial charge in [0.25, 0.3) is 0 Å². The molecule has 2 heterocycles. The van der Waals surface area contributed by atoms with Crippen LogP contribution in [0.3, 0.4) is 0 Å². The fourth-order valence-electron chi connectivity index (χ4n) is 3.36. The van der Waals surface area contributed by atoms with Crippen LogP contribution < -0.4 is 9.64 Å². The lowest BCUT2D eigenvalue weighted by atomic mass is 10.1. The zero-order chi connectivity index (χ0) is 18.6. The summed E-state index contributed by atoms with van der Waals surface area (Å²) in [6, 6.07) is 16.3. The van der Waals surface area contributed by atoms with Crippen LogP contribution in [0.4, 0.5) is 5.69 Å². The van der Waals surface area contributed by atoms with E-state index in [4.69, 9.17) is 9.15 Å². The van der Waals surface area contributed by atoms with Crippen molar-refractivity contribution in [1.82, 2.24) is 15.1 Å². The molecule has 6 heteroatoms. The van der Waals surface area contributed by atoms with Gasteiger partial charge < -0.3 is 14.1 Å². The van der Waals surface area contributed by atoms with Crippen LogP contribution in [0, 0.1) is 6.92 Å². The highest BCUT2D eigenvalue weighted by molar-refractivity contribution is 5.58. The Morgan fingerprint density at radius 3 is 2.44 bits per heavy atom. The fraction of sp³-hybridized carbons (Fsp3) is 0.333. The second-order valence-corrected chi connectivity index (χ2v) is 6.80. The molecule has 1 aliphatic rings. The number of anilines is 1. The number of rotatable bonds is 5. The molecule has 0 N–H and O–H groups in total. The Morgan fingerprint density at radius 2 is 1.70 bits per heavy atom. The van der Waals surface area contributed by atoms with Crippen molar-refractivity contribution in [3.05, 3.63) is 60.0 Å². The number of methoxy groups -OCH3 is 1. The molecule has 1 fully saturated rings. The van der Waals surface area contributed by atoms with Gasteiger partial charge in [-0.1, -0.05) is 29.8 Å². The van der Waals surface area contributed by atoms with E-state index in [2.05, 4.69) is 51.2 Å². The standard InChI is InChI=1S/C21H24N4O2/c1-16-7-9-17(10-8-16)21-23-22-20(27-21)15-24-11-13-25(14-12-24)18-5-3-4-6-19(18)26-2/h3-10H,11-15H2,1-2H3. The molecule has 3 aromatic rings. The van der Waals surface area contributed by atoms with E-state index < -0.39 is 0 Å². The van der Waals surface area contributed by atoms with E-state index in [0.29, 0.717) is 18.3 Å². The Hall–Kier alpha value is -2.86. The van der Waals surface area contributed by atoms with Gasteiger partial charge in [0, 0.05) is 31.7 Å². The minimum absolute atomic E-state index is 0.581. The second-order valence-electron chi connectivity index (χ2n) is 6.80. The normalized spacial score (nSPS) is 15.1. The average Bonchev–Trinajstić information content (AvgIpc) is 3.17. The number of para-hydroxylation sites is 2. The first-order chi connectivity index (χ1) is 13.2. The van der Waals surface area contributed by atoms with Gasteiger partial charge in [0.05, 0.1) is 19.3 Å². The van der Waals surface area contributed by atoms with Crippen LogP contribution in [0.15, 0.2) is 52.9 Å². The quantitative estimate of drug-likeness (QED) is 0.692. The van der Waals surface area contributed by atoms with Crippen LogP contribution in [0.2, 0.25) is 0 Å². The molecule has 0 bridgehead atoms. The third-order valence-electron chi connectivity index (χ3n) is 4.92. The largest absolute Gasteiger partial charge is 0.495 e. The van der Waals surface area contributed by atoms with Crippen molar-refractivity contribution in [1.29, 1.82) is 0 Å². The summed E-state index contributed by atoms with van der Waals surface area (Å²) in [5.74, 6) is 2.17. The Balaban J connectivity index is 1.36.